The molecule has 0 fully saturated rings. The predicted molar refractivity (Wildman–Crippen MR) is 344 cm³/mol. The van der Waals surface area contributed by atoms with E-state index in [2.05, 4.69) is 55.4 Å². The first-order valence-electron chi connectivity index (χ1n) is 34.7. The number of unbranched alkanes of at least 4 members (excludes halogenated alkanes) is 30. The zero-order valence-corrected chi connectivity index (χ0v) is 57.7. The molecule has 0 aliphatic heterocycles. The maximum absolute atomic E-state index is 13.0. The first-order chi connectivity index (χ1) is 41.1. The van der Waals surface area contributed by atoms with Crippen molar-refractivity contribution in [1.29, 1.82) is 0 Å². The van der Waals surface area contributed by atoms with Gasteiger partial charge in [-0.2, -0.15) is 0 Å². The standard InChI is InChI=1S/C67H130O17P2/c1-57(2)43-35-27-19-14-11-9-10-12-16-22-31-39-47-64(69)77-53-62(83-66(71)49-41-33-23-17-13-15-20-28-36-44-58(3)4)55-81-85(73,74)79-51-61(68)52-80-86(75,76)82-56-63(54-78-65(70)48-40-32-26-25-30-38-46-60(7)8)84-67(72)50-42-34-24-18-21-29-37-45-59(5)6/h57-63,68H,9-56H2,1-8H3,(H,73,74)(H,75,76)/t61-,62-,63-/m1/s1. The van der Waals surface area contributed by atoms with E-state index in [1.54, 1.807) is 0 Å². The molecular weight excluding hydrogens is 1140 g/mol. The number of hydrogen-bond donors (Lipinski definition) is 3. The maximum atomic E-state index is 13.0. The summed E-state index contributed by atoms with van der Waals surface area (Å²) in [6.45, 7) is 14.0. The Labute approximate surface area is 524 Å². The minimum Gasteiger partial charge on any atom is -0.462 e. The summed E-state index contributed by atoms with van der Waals surface area (Å²) in [5.41, 5.74) is 0. The van der Waals surface area contributed by atoms with Gasteiger partial charge in [0.2, 0.25) is 0 Å². The van der Waals surface area contributed by atoms with Crippen molar-refractivity contribution in [3.05, 3.63) is 0 Å². The third kappa shape index (κ3) is 60.9. The fraction of sp³-hybridized carbons (Fsp3) is 0.940. The van der Waals surface area contributed by atoms with E-state index in [0.29, 0.717) is 37.5 Å². The minimum absolute atomic E-state index is 0.102. The number of rotatable bonds is 64. The van der Waals surface area contributed by atoms with Gasteiger partial charge in [0, 0.05) is 25.7 Å². The molecule has 0 aliphatic carbocycles. The number of hydrogen-bond acceptors (Lipinski definition) is 15. The van der Waals surface area contributed by atoms with Crippen LogP contribution in [0.1, 0.15) is 325 Å². The van der Waals surface area contributed by atoms with Gasteiger partial charge in [0.25, 0.3) is 0 Å². The van der Waals surface area contributed by atoms with E-state index >= 15 is 0 Å². The first kappa shape index (κ1) is 84.1. The number of phosphoric acid groups is 2. The molecule has 86 heavy (non-hydrogen) atoms. The molecule has 0 bridgehead atoms. The molecule has 510 valence electrons. The minimum atomic E-state index is -4.95. The van der Waals surface area contributed by atoms with Gasteiger partial charge in [-0.15, -0.1) is 0 Å². The second-order valence-electron chi connectivity index (χ2n) is 26.1. The van der Waals surface area contributed by atoms with E-state index < -0.39 is 97.5 Å². The van der Waals surface area contributed by atoms with Crippen molar-refractivity contribution < 1.29 is 80.2 Å². The van der Waals surface area contributed by atoms with Crippen molar-refractivity contribution in [3.63, 3.8) is 0 Å². The van der Waals surface area contributed by atoms with Crippen LogP contribution in [0.3, 0.4) is 0 Å². The number of aliphatic hydroxyl groups excluding tert-OH is 1. The third-order valence-corrected chi connectivity index (χ3v) is 17.2. The Morgan fingerprint density at radius 3 is 0.721 bits per heavy atom. The van der Waals surface area contributed by atoms with E-state index in [4.69, 9.17) is 37.0 Å². The molecule has 0 aromatic heterocycles. The summed E-state index contributed by atoms with van der Waals surface area (Å²) < 4.78 is 68.1. The average Bonchev–Trinajstić information content (AvgIpc) is 3.65. The Balaban J connectivity index is 5.23. The quantitative estimate of drug-likeness (QED) is 0.0222. The largest absolute Gasteiger partial charge is 0.472 e. The Morgan fingerprint density at radius 1 is 0.291 bits per heavy atom. The summed E-state index contributed by atoms with van der Waals surface area (Å²) in [4.78, 5) is 72.3. The van der Waals surface area contributed by atoms with E-state index in [1.165, 1.54) is 122 Å². The smallest absolute Gasteiger partial charge is 0.462 e. The number of phosphoric ester groups is 2. The van der Waals surface area contributed by atoms with Crippen LogP contribution in [-0.2, 0) is 65.4 Å². The number of carbonyl (C=O) groups is 4. The summed E-state index contributed by atoms with van der Waals surface area (Å²) >= 11 is 0. The van der Waals surface area contributed by atoms with Gasteiger partial charge in [-0.25, -0.2) is 9.13 Å². The van der Waals surface area contributed by atoms with Crippen molar-refractivity contribution in [2.75, 3.05) is 39.6 Å². The second kappa shape index (κ2) is 57.0. The van der Waals surface area contributed by atoms with Gasteiger partial charge in [0.05, 0.1) is 26.4 Å². The number of aliphatic hydroxyl groups is 1. The van der Waals surface area contributed by atoms with Crippen LogP contribution >= 0.6 is 15.6 Å². The van der Waals surface area contributed by atoms with Gasteiger partial charge in [-0.05, 0) is 49.4 Å². The monoisotopic (exact) mass is 1270 g/mol. The van der Waals surface area contributed by atoms with Gasteiger partial charge in [-0.3, -0.25) is 37.3 Å². The SMILES string of the molecule is CC(C)CCCCCCCCCCCCCCC(=O)OC[C@H](COP(=O)(O)OC[C@@H](O)COP(=O)(O)OC[C@@H](COC(=O)CCCCCCCCC(C)C)OC(=O)CCCCCCCCCC(C)C)OC(=O)CCCCCCCCCCCC(C)C. The molecule has 3 N–H and O–H groups in total. The molecule has 0 saturated heterocycles. The van der Waals surface area contributed by atoms with Gasteiger partial charge >= 0.3 is 39.5 Å². The fourth-order valence-corrected chi connectivity index (χ4v) is 11.5. The molecule has 5 atom stereocenters. The van der Waals surface area contributed by atoms with Crippen LogP contribution in [0.5, 0.6) is 0 Å². The number of esters is 4. The van der Waals surface area contributed by atoms with Gasteiger partial charge in [0.15, 0.2) is 12.2 Å². The normalized spacial score (nSPS) is 14.4. The van der Waals surface area contributed by atoms with Gasteiger partial charge < -0.3 is 33.8 Å². The molecule has 0 heterocycles. The maximum Gasteiger partial charge on any atom is 0.472 e. The summed E-state index contributed by atoms with van der Waals surface area (Å²) in [6, 6.07) is 0. The molecule has 0 aliphatic rings. The summed E-state index contributed by atoms with van der Waals surface area (Å²) in [7, 11) is -9.89. The Morgan fingerprint density at radius 2 is 0.488 bits per heavy atom. The Kier molecular flexibility index (Phi) is 55.7. The Hall–Kier alpha value is -1.94. The number of carbonyl (C=O) groups excluding carboxylic acids is 4. The van der Waals surface area contributed by atoms with E-state index in [-0.39, 0.29) is 25.7 Å². The molecule has 0 rings (SSSR count). The molecule has 2 unspecified atom stereocenters. The highest BCUT2D eigenvalue weighted by Gasteiger charge is 2.30. The van der Waals surface area contributed by atoms with Crippen molar-refractivity contribution in [2.24, 2.45) is 23.7 Å². The van der Waals surface area contributed by atoms with Crippen LogP contribution in [-0.4, -0.2) is 96.7 Å². The topological polar surface area (TPSA) is 237 Å². The van der Waals surface area contributed by atoms with Crippen molar-refractivity contribution >= 4 is 39.5 Å². The zero-order valence-electron chi connectivity index (χ0n) is 55.9. The average molecular weight is 1270 g/mol. The predicted octanol–water partition coefficient (Wildman–Crippen LogP) is 18.5. The molecule has 0 aromatic carbocycles. The van der Waals surface area contributed by atoms with Crippen molar-refractivity contribution in [2.45, 2.75) is 343 Å². The summed E-state index contributed by atoms with van der Waals surface area (Å²) in [5.74, 6) is 0.756. The lowest BCUT2D eigenvalue weighted by Gasteiger charge is -2.21. The van der Waals surface area contributed by atoms with Crippen LogP contribution < -0.4 is 0 Å². The molecule has 0 aromatic rings. The van der Waals surface area contributed by atoms with Crippen LogP contribution in [0.15, 0.2) is 0 Å². The summed E-state index contributed by atoms with van der Waals surface area (Å²) in [5, 5.41) is 10.6. The van der Waals surface area contributed by atoms with E-state index in [0.717, 1.165) is 108 Å². The van der Waals surface area contributed by atoms with Crippen molar-refractivity contribution in [1.82, 2.24) is 0 Å². The Bertz CT molecular complexity index is 1710. The molecule has 0 saturated carbocycles. The van der Waals surface area contributed by atoms with E-state index in [9.17, 15) is 43.2 Å². The lowest BCUT2D eigenvalue weighted by Crippen LogP contribution is -2.30. The highest BCUT2D eigenvalue weighted by molar-refractivity contribution is 7.47. The molecule has 19 heteroatoms. The summed E-state index contributed by atoms with van der Waals surface area (Å²) in [6.07, 6.45) is 37.8. The molecule has 0 radical (unpaired) electrons. The van der Waals surface area contributed by atoms with Crippen LogP contribution in [0, 0.1) is 23.7 Å². The van der Waals surface area contributed by atoms with Gasteiger partial charge in [0.1, 0.15) is 19.3 Å². The van der Waals surface area contributed by atoms with E-state index in [1.807, 2.05) is 0 Å². The van der Waals surface area contributed by atoms with Crippen molar-refractivity contribution in [3.8, 4) is 0 Å². The fourth-order valence-electron chi connectivity index (χ4n) is 9.96. The highest BCUT2D eigenvalue weighted by Crippen LogP contribution is 2.45. The second-order valence-corrected chi connectivity index (χ2v) is 29.0. The third-order valence-electron chi connectivity index (χ3n) is 15.3. The molecular formula is C67H130O17P2. The van der Waals surface area contributed by atoms with Gasteiger partial charge in [-0.1, -0.05) is 274 Å². The molecule has 0 amide bonds. The van der Waals surface area contributed by atoms with Crippen LogP contribution in [0.25, 0.3) is 0 Å². The first-order valence-corrected chi connectivity index (χ1v) is 37.7. The molecule has 0 spiro atoms. The van der Waals surface area contributed by atoms with Crippen LogP contribution in [0.4, 0.5) is 0 Å². The zero-order chi connectivity index (χ0) is 63.9. The highest BCUT2D eigenvalue weighted by atomic mass is 31.2. The van der Waals surface area contributed by atoms with Crippen LogP contribution in [0.2, 0.25) is 0 Å². The number of ether oxygens (including phenoxy) is 4. The lowest BCUT2D eigenvalue weighted by molar-refractivity contribution is -0.161. The lowest BCUT2D eigenvalue weighted by atomic mass is 10.0. The molecule has 17 nitrogen and oxygen atoms in total.